The van der Waals surface area contributed by atoms with Gasteiger partial charge in [-0.1, -0.05) is 20.8 Å². The Kier molecular flexibility index (Phi) is 2.94. The maximum absolute atomic E-state index is 2.79. The normalized spacial score (nSPS) is 39.7. The first-order valence-electron chi connectivity index (χ1n) is 7.32. The van der Waals surface area contributed by atoms with Gasteiger partial charge >= 0.3 is 0 Å². The van der Waals surface area contributed by atoms with Crippen LogP contribution in [0.5, 0.6) is 0 Å². The topological polar surface area (TPSA) is 3.24 Å². The van der Waals surface area contributed by atoms with Gasteiger partial charge in [-0.05, 0) is 64.2 Å². The molecule has 3 atom stereocenters. The number of hydrogen-bond acceptors (Lipinski definition) is 1. The monoisotopic (exact) mass is 237 g/mol. The van der Waals surface area contributed by atoms with Crippen molar-refractivity contribution in [3.05, 3.63) is 0 Å². The van der Waals surface area contributed by atoms with Crippen LogP contribution in [0.2, 0.25) is 0 Å². The maximum atomic E-state index is 2.79. The number of piperidine rings is 2. The van der Waals surface area contributed by atoms with Gasteiger partial charge in [-0.3, -0.25) is 4.90 Å². The summed E-state index contributed by atoms with van der Waals surface area (Å²) < 4.78 is 0. The van der Waals surface area contributed by atoms with Crippen LogP contribution in [-0.2, 0) is 0 Å². The number of nitrogens with zero attached hydrogens (tertiary/aromatic N) is 1. The van der Waals surface area contributed by atoms with Crippen LogP contribution in [0, 0.1) is 17.3 Å². The van der Waals surface area contributed by atoms with Crippen LogP contribution < -0.4 is 0 Å². The fourth-order valence-electron chi connectivity index (χ4n) is 4.46. The molecule has 1 heteroatoms. The second-order valence-electron chi connectivity index (χ2n) is 8.75. The molecule has 0 aromatic heterocycles. The van der Waals surface area contributed by atoms with E-state index in [4.69, 9.17) is 0 Å². The van der Waals surface area contributed by atoms with Crippen molar-refractivity contribution in [3.8, 4) is 0 Å². The van der Waals surface area contributed by atoms with Gasteiger partial charge in [-0.2, -0.15) is 0 Å². The van der Waals surface area contributed by atoms with E-state index in [0.717, 1.165) is 11.8 Å². The molecule has 3 rings (SSSR count). The minimum absolute atomic E-state index is 0.330. The molecule has 0 amide bonds. The lowest BCUT2D eigenvalue weighted by Crippen LogP contribution is -2.66. The fraction of sp³-hybridized carbons (Fsp3) is 1.00. The fourth-order valence-corrected chi connectivity index (χ4v) is 4.46. The first-order chi connectivity index (χ1) is 7.54. The molecule has 0 aromatic carbocycles. The van der Waals surface area contributed by atoms with Gasteiger partial charge in [0, 0.05) is 17.6 Å². The van der Waals surface area contributed by atoms with Crippen LogP contribution >= 0.6 is 0 Å². The SMILES string of the molecule is CC(C)(C)C1C[C@@]2(C)CC[C@@H]1CN2C(C)(C)C. The van der Waals surface area contributed by atoms with E-state index in [1.54, 1.807) is 0 Å². The molecule has 0 spiro atoms. The molecule has 1 saturated carbocycles. The summed E-state index contributed by atoms with van der Waals surface area (Å²) in [5.74, 6) is 1.84. The summed E-state index contributed by atoms with van der Waals surface area (Å²) in [6, 6.07) is 0. The van der Waals surface area contributed by atoms with Crippen LogP contribution in [0.3, 0.4) is 0 Å². The third kappa shape index (κ3) is 2.28. The van der Waals surface area contributed by atoms with Gasteiger partial charge in [0.25, 0.3) is 0 Å². The van der Waals surface area contributed by atoms with E-state index in [1.807, 2.05) is 0 Å². The zero-order chi connectivity index (χ0) is 13.1. The molecule has 0 aromatic rings. The lowest BCUT2D eigenvalue weighted by atomic mass is 9.57. The average Bonchev–Trinajstić information content (AvgIpc) is 2.13. The Morgan fingerprint density at radius 2 is 1.65 bits per heavy atom. The summed E-state index contributed by atoms with van der Waals surface area (Å²) in [7, 11) is 0. The van der Waals surface area contributed by atoms with E-state index >= 15 is 0 Å². The van der Waals surface area contributed by atoms with Gasteiger partial charge in [-0.25, -0.2) is 0 Å². The highest BCUT2D eigenvalue weighted by molar-refractivity contribution is 5.06. The van der Waals surface area contributed by atoms with E-state index in [9.17, 15) is 0 Å². The standard InChI is InChI=1S/C16H31N/c1-14(2,3)13-10-16(7)9-8-12(13)11-17(16)15(4,5)6/h12-13H,8-11H2,1-7H3/t12-,13?,16-/m1/s1. The van der Waals surface area contributed by atoms with E-state index in [2.05, 4.69) is 53.4 Å². The lowest BCUT2D eigenvalue weighted by Gasteiger charge is -2.63. The molecule has 100 valence electrons. The molecule has 1 unspecified atom stereocenters. The molecule has 0 N–H and O–H groups in total. The second-order valence-corrected chi connectivity index (χ2v) is 8.75. The molecular weight excluding hydrogens is 206 g/mol. The molecule has 2 bridgehead atoms. The zero-order valence-electron chi connectivity index (χ0n) is 12.9. The predicted octanol–water partition coefficient (Wildman–Crippen LogP) is 4.32. The Morgan fingerprint density at radius 1 is 1.06 bits per heavy atom. The summed E-state index contributed by atoms with van der Waals surface area (Å²) in [6.07, 6.45) is 4.25. The minimum atomic E-state index is 0.330. The Hall–Kier alpha value is -0.0400. The van der Waals surface area contributed by atoms with E-state index in [-0.39, 0.29) is 0 Å². The van der Waals surface area contributed by atoms with Gasteiger partial charge in [0.15, 0.2) is 0 Å². The van der Waals surface area contributed by atoms with E-state index in [0.29, 0.717) is 16.5 Å². The summed E-state index contributed by atoms with van der Waals surface area (Å²) in [5, 5.41) is 0. The average molecular weight is 237 g/mol. The highest BCUT2D eigenvalue weighted by atomic mass is 15.3. The van der Waals surface area contributed by atoms with E-state index < -0.39 is 0 Å². The largest absolute Gasteiger partial charge is 0.293 e. The molecule has 2 heterocycles. The molecule has 3 aliphatic rings. The number of hydrogen-bond donors (Lipinski definition) is 0. The smallest absolute Gasteiger partial charge is 0.0189 e. The van der Waals surface area contributed by atoms with Crippen molar-refractivity contribution in [2.24, 2.45) is 17.3 Å². The van der Waals surface area contributed by atoms with Crippen molar-refractivity contribution in [2.75, 3.05) is 6.54 Å². The van der Waals surface area contributed by atoms with Crippen LogP contribution in [0.4, 0.5) is 0 Å². The van der Waals surface area contributed by atoms with Crippen molar-refractivity contribution in [2.45, 2.75) is 78.8 Å². The van der Waals surface area contributed by atoms with Crippen molar-refractivity contribution in [3.63, 3.8) is 0 Å². The van der Waals surface area contributed by atoms with Crippen molar-refractivity contribution in [1.82, 2.24) is 4.90 Å². The summed E-state index contributed by atoms with van der Waals surface area (Å²) in [5.41, 5.74) is 1.26. The quantitative estimate of drug-likeness (QED) is 0.606. The van der Waals surface area contributed by atoms with Gasteiger partial charge in [-0.15, -0.1) is 0 Å². The summed E-state index contributed by atoms with van der Waals surface area (Å²) >= 11 is 0. The first-order valence-corrected chi connectivity index (χ1v) is 7.32. The van der Waals surface area contributed by atoms with Crippen LogP contribution in [0.1, 0.15) is 67.7 Å². The maximum Gasteiger partial charge on any atom is 0.0189 e. The molecule has 17 heavy (non-hydrogen) atoms. The Morgan fingerprint density at radius 3 is 2.06 bits per heavy atom. The molecule has 2 aliphatic heterocycles. The second kappa shape index (κ2) is 3.73. The van der Waals surface area contributed by atoms with Gasteiger partial charge in [0.05, 0.1) is 0 Å². The molecule has 1 aliphatic carbocycles. The number of fused-ring (bicyclic) bond motifs is 3. The van der Waals surface area contributed by atoms with E-state index in [1.165, 1.54) is 25.8 Å². The summed E-state index contributed by atoms with van der Waals surface area (Å²) in [4.78, 5) is 2.79. The third-order valence-electron chi connectivity index (χ3n) is 5.27. The van der Waals surface area contributed by atoms with Crippen molar-refractivity contribution in [1.29, 1.82) is 0 Å². The van der Waals surface area contributed by atoms with Crippen LogP contribution in [0.15, 0.2) is 0 Å². The van der Waals surface area contributed by atoms with Crippen molar-refractivity contribution < 1.29 is 0 Å². The molecule has 0 radical (unpaired) electrons. The molecule has 3 fully saturated rings. The van der Waals surface area contributed by atoms with Crippen LogP contribution in [-0.4, -0.2) is 22.5 Å². The number of rotatable bonds is 0. The molecule has 2 saturated heterocycles. The third-order valence-corrected chi connectivity index (χ3v) is 5.27. The predicted molar refractivity (Wildman–Crippen MR) is 75.2 cm³/mol. The highest BCUT2D eigenvalue weighted by Gasteiger charge is 2.53. The molecular formula is C16H31N. The zero-order valence-corrected chi connectivity index (χ0v) is 12.9. The Labute approximate surface area is 108 Å². The lowest BCUT2D eigenvalue weighted by molar-refractivity contribution is -0.126. The molecule has 1 nitrogen and oxygen atoms in total. The minimum Gasteiger partial charge on any atom is -0.293 e. The van der Waals surface area contributed by atoms with Crippen molar-refractivity contribution >= 4 is 0 Å². The highest BCUT2D eigenvalue weighted by Crippen LogP contribution is 2.53. The Bertz CT molecular complexity index is 294. The Balaban J connectivity index is 2.25. The van der Waals surface area contributed by atoms with Gasteiger partial charge < -0.3 is 0 Å². The summed E-state index contributed by atoms with van der Waals surface area (Å²) in [6.45, 7) is 18.3. The van der Waals surface area contributed by atoms with Crippen LogP contribution in [0.25, 0.3) is 0 Å². The van der Waals surface area contributed by atoms with Gasteiger partial charge in [0.1, 0.15) is 0 Å². The first kappa shape index (κ1) is 13.4. The van der Waals surface area contributed by atoms with Gasteiger partial charge in [0.2, 0.25) is 0 Å².